The number of ether oxygens (including phenoxy) is 1. The molecule has 0 aromatic heterocycles. The molecule has 0 aliphatic heterocycles. The first-order chi connectivity index (χ1) is 7.22. The minimum Gasteiger partial charge on any atom is -0.497 e. The van der Waals surface area contributed by atoms with Gasteiger partial charge in [-0.05, 0) is 17.7 Å². The van der Waals surface area contributed by atoms with E-state index in [4.69, 9.17) is 9.84 Å². The highest BCUT2D eigenvalue weighted by Gasteiger charge is 1.93. The minimum absolute atomic E-state index is 0.503. The van der Waals surface area contributed by atoms with Crippen molar-refractivity contribution in [2.24, 2.45) is 0 Å². The molecule has 0 saturated heterocycles. The van der Waals surface area contributed by atoms with Gasteiger partial charge in [0.25, 0.3) is 0 Å². The maximum absolute atomic E-state index is 10.3. The Labute approximate surface area is 88.3 Å². The Morgan fingerprint density at radius 2 is 1.93 bits per heavy atom. The molecule has 0 aliphatic rings. The van der Waals surface area contributed by atoms with Gasteiger partial charge in [-0.25, -0.2) is 4.79 Å². The number of benzene rings is 1. The summed E-state index contributed by atoms with van der Waals surface area (Å²) in [6.45, 7) is 0. The third kappa shape index (κ3) is 4.13. The van der Waals surface area contributed by atoms with Crippen LogP contribution in [0.2, 0.25) is 0 Å². The van der Waals surface area contributed by atoms with E-state index in [0.717, 1.165) is 11.6 Å². The summed E-state index contributed by atoms with van der Waals surface area (Å²) in [4.78, 5) is 10.3. The molecule has 78 valence electrons. The normalized spacial score (nSPS) is 11.7. The van der Waals surface area contributed by atoms with Crippen LogP contribution < -0.4 is 0 Å². The van der Waals surface area contributed by atoms with E-state index in [2.05, 4.69) is 0 Å². The molecule has 0 bridgehead atoms. The van der Waals surface area contributed by atoms with E-state index in [1.807, 2.05) is 30.3 Å². The lowest BCUT2D eigenvalue weighted by Crippen LogP contribution is -1.88. The summed E-state index contributed by atoms with van der Waals surface area (Å²) >= 11 is 0. The summed E-state index contributed by atoms with van der Waals surface area (Å²) in [6.07, 6.45) is 4.22. The van der Waals surface area contributed by atoms with Crippen LogP contribution in [-0.4, -0.2) is 18.2 Å². The molecule has 0 aliphatic carbocycles. The van der Waals surface area contributed by atoms with Gasteiger partial charge in [0, 0.05) is 6.08 Å². The Morgan fingerprint density at radius 1 is 1.27 bits per heavy atom. The molecule has 1 aromatic carbocycles. The average molecular weight is 204 g/mol. The predicted octanol–water partition coefficient (Wildman–Crippen LogP) is 2.31. The quantitative estimate of drug-likeness (QED) is 0.465. The largest absolute Gasteiger partial charge is 0.497 e. The summed E-state index contributed by atoms with van der Waals surface area (Å²) in [6, 6.07) is 9.54. The number of carboxylic acids is 1. The van der Waals surface area contributed by atoms with Crippen molar-refractivity contribution in [2.75, 3.05) is 7.11 Å². The van der Waals surface area contributed by atoms with Crippen molar-refractivity contribution >= 4 is 12.0 Å². The van der Waals surface area contributed by atoms with Crippen LogP contribution in [-0.2, 0) is 9.53 Å². The molecule has 0 spiro atoms. The van der Waals surface area contributed by atoms with Crippen LogP contribution in [0.25, 0.3) is 6.08 Å². The van der Waals surface area contributed by atoms with Crippen LogP contribution in [0.15, 0.2) is 48.2 Å². The van der Waals surface area contributed by atoms with Gasteiger partial charge in [0.2, 0.25) is 0 Å². The number of allylic oxidation sites excluding steroid dienone is 1. The van der Waals surface area contributed by atoms with E-state index in [9.17, 15) is 4.79 Å². The number of hydrogen-bond donors (Lipinski definition) is 1. The fourth-order valence-electron chi connectivity index (χ4n) is 1.04. The molecule has 0 unspecified atom stereocenters. The fourth-order valence-corrected chi connectivity index (χ4v) is 1.04. The van der Waals surface area contributed by atoms with Crippen molar-refractivity contribution < 1.29 is 14.6 Å². The molecule has 0 saturated carbocycles. The lowest BCUT2D eigenvalue weighted by atomic mass is 10.2. The van der Waals surface area contributed by atoms with Gasteiger partial charge in [-0.3, -0.25) is 0 Å². The third-order valence-corrected chi connectivity index (χ3v) is 1.73. The molecule has 3 heteroatoms. The minimum atomic E-state index is -0.994. The van der Waals surface area contributed by atoms with E-state index in [0.29, 0.717) is 5.76 Å². The van der Waals surface area contributed by atoms with Crippen molar-refractivity contribution in [3.05, 3.63) is 53.8 Å². The van der Waals surface area contributed by atoms with Crippen LogP contribution in [0.5, 0.6) is 0 Å². The monoisotopic (exact) mass is 204 g/mol. The van der Waals surface area contributed by atoms with Gasteiger partial charge in [0.1, 0.15) is 5.76 Å². The van der Waals surface area contributed by atoms with Gasteiger partial charge in [0.15, 0.2) is 0 Å². The van der Waals surface area contributed by atoms with Crippen molar-refractivity contribution in [1.29, 1.82) is 0 Å². The second kappa shape index (κ2) is 5.65. The fraction of sp³-hybridized carbons (Fsp3) is 0.0833. The second-order valence-corrected chi connectivity index (χ2v) is 2.83. The Kier molecular flexibility index (Phi) is 4.16. The lowest BCUT2D eigenvalue weighted by molar-refractivity contribution is -0.131. The van der Waals surface area contributed by atoms with Crippen LogP contribution in [0, 0.1) is 0 Å². The Bertz CT molecular complexity index is 377. The average Bonchev–Trinajstić information content (AvgIpc) is 2.25. The summed E-state index contributed by atoms with van der Waals surface area (Å²) in [5.74, 6) is -0.491. The van der Waals surface area contributed by atoms with Crippen LogP contribution in [0.1, 0.15) is 5.56 Å². The van der Waals surface area contributed by atoms with E-state index < -0.39 is 5.97 Å². The highest BCUT2D eigenvalue weighted by Crippen LogP contribution is 2.07. The lowest BCUT2D eigenvalue weighted by Gasteiger charge is -1.99. The molecule has 0 atom stereocenters. The van der Waals surface area contributed by atoms with Crippen molar-refractivity contribution in [2.45, 2.75) is 0 Å². The van der Waals surface area contributed by atoms with Gasteiger partial charge < -0.3 is 9.84 Å². The number of carbonyl (C=O) groups is 1. The molecule has 0 fully saturated rings. The Balaban J connectivity index is 2.83. The van der Waals surface area contributed by atoms with Crippen LogP contribution in [0.3, 0.4) is 0 Å². The van der Waals surface area contributed by atoms with E-state index in [-0.39, 0.29) is 0 Å². The van der Waals surface area contributed by atoms with Gasteiger partial charge >= 0.3 is 5.97 Å². The number of carboxylic acid groups (broad SMARTS) is 1. The van der Waals surface area contributed by atoms with Crippen molar-refractivity contribution in [1.82, 2.24) is 0 Å². The molecule has 1 aromatic rings. The summed E-state index contributed by atoms with van der Waals surface area (Å²) in [7, 11) is 1.50. The first kappa shape index (κ1) is 11.0. The standard InChI is InChI=1S/C12H12O3/c1-15-11(7-8-12(13)14)9-10-5-3-2-4-6-10/h2-9H,1H3,(H,13,14). The topological polar surface area (TPSA) is 46.5 Å². The SMILES string of the molecule is COC(C=CC(=O)O)=Cc1ccccc1. The molecule has 0 radical (unpaired) electrons. The number of methoxy groups -OCH3 is 1. The van der Waals surface area contributed by atoms with Crippen LogP contribution in [0.4, 0.5) is 0 Å². The van der Waals surface area contributed by atoms with Gasteiger partial charge in [-0.15, -0.1) is 0 Å². The molecule has 1 rings (SSSR count). The molecule has 3 nitrogen and oxygen atoms in total. The summed E-state index contributed by atoms with van der Waals surface area (Å²) < 4.78 is 5.02. The molecule has 0 amide bonds. The first-order valence-corrected chi connectivity index (χ1v) is 4.44. The molecule has 15 heavy (non-hydrogen) atoms. The highest BCUT2D eigenvalue weighted by molar-refractivity contribution is 5.80. The van der Waals surface area contributed by atoms with Crippen LogP contribution >= 0.6 is 0 Å². The van der Waals surface area contributed by atoms with E-state index in [1.165, 1.54) is 13.2 Å². The van der Waals surface area contributed by atoms with Gasteiger partial charge in [0.05, 0.1) is 7.11 Å². The van der Waals surface area contributed by atoms with Crippen molar-refractivity contribution in [3.63, 3.8) is 0 Å². The van der Waals surface area contributed by atoms with E-state index in [1.54, 1.807) is 6.08 Å². The maximum Gasteiger partial charge on any atom is 0.328 e. The zero-order chi connectivity index (χ0) is 11.1. The van der Waals surface area contributed by atoms with E-state index >= 15 is 0 Å². The molecular weight excluding hydrogens is 192 g/mol. The predicted molar refractivity (Wildman–Crippen MR) is 58.2 cm³/mol. The molecular formula is C12H12O3. The van der Waals surface area contributed by atoms with Gasteiger partial charge in [-0.2, -0.15) is 0 Å². The summed E-state index contributed by atoms with van der Waals surface area (Å²) in [5.41, 5.74) is 0.962. The van der Waals surface area contributed by atoms with Gasteiger partial charge in [-0.1, -0.05) is 30.3 Å². The Morgan fingerprint density at radius 3 is 2.47 bits per heavy atom. The zero-order valence-corrected chi connectivity index (χ0v) is 8.38. The maximum atomic E-state index is 10.3. The molecule has 1 N–H and O–H groups in total. The zero-order valence-electron chi connectivity index (χ0n) is 8.38. The number of aliphatic carboxylic acids is 1. The number of hydrogen-bond acceptors (Lipinski definition) is 2. The second-order valence-electron chi connectivity index (χ2n) is 2.83. The van der Waals surface area contributed by atoms with Crippen molar-refractivity contribution in [3.8, 4) is 0 Å². The smallest absolute Gasteiger partial charge is 0.328 e. The number of rotatable bonds is 4. The Hall–Kier alpha value is -2.03. The highest BCUT2D eigenvalue weighted by atomic mass is 16.5. The first-order valence-electron chi connectivity index (χ1n) is 4.44. The summed E-state index contributed by atoms with van der Waals surface area (Å²) in [5, 5.41) is 8.45. The third-order valence-electron chi connectivity index (χ3n) is 1.73. The molecule has 0 heterocycles.